The predicted molar refractivity (Wildman–Crippen MR) is 344 cm³/mol. The van der Waals surface area contributed by atoms with Gasteiger partial charge in [-0.05, 0) is 103 Å². The molecule has 0 aromatic rings. The minimum atomic E-state index is -0.780. The van der Waals surface area contributed by atoms with E-state index in [9.17, 15) is 14.4 Å². The van der Waals surface area contributed by atoms with Gasteiger partial charge in [0.05, 0.1) is 0 Å². The number of unbranched alkanes of at least 4 members (excludes halogenated alkanes) is 34. The molecule has 454 valence electrons. The topological polar surface area (TPSA) is 78.9 Å². The summed E-state index contributed by atoms with van der Waals surface area (Å²) in [6, 6.07) is 0. The zero-order valence-electron chi connectivity index (χ0n) is 52.1. The fraction of sp³-hybridized carbons (Fsp3) is 0.740. The Bertz CT molecular complexity index is 1540. The molecule has 0 spiro atoms. The van der Waals surface area contributed by atoms with Crippen LogP contribution >= 0.6 is 0 Å². The van der Waals surface area contributed by atoms with Crippen LogP contribution in [0.4, 0.5) is 0 Å². The quantitative estimate of drug-likeness (QED) is 0.0261. The maximum atomic E-state index is 12.9. The highest BCUT2D eigenvalue weighted by Crippen LogP contribution is 2.17. The van der Waals surface area contributed by atoms with Gasteiger partial charge in [0.15, 0.2) is 6.10 Å². The standard InChI is InChI=1S/C73H126O6/c1-4-7-10-13-16-19-22-25-27-28-29-30-31-32-33-34-35-36-37-38-39-40-41-42-43-44-46-48-51-54-57-60-63-66-72(75)78-69-70(68-77-71(74)65-62-59-56-53-50-47-24-21-18-15-12-9-6-3)79-73(76)67-64-61-58-55-52-49-45-26-23-20-17-14-11-8-5-2/h7,10,16,19,21,24-25,27,29-30,32-33,35-36,38-39,70H,4-6,8-9,11-15,17-18,20,22-23,26,28,31,34,37,40-69H2,1-3H3/b10-7-,19-16-,24-21-,27-25-,30-29-,33-32-,36-35-,39-38-. The number of hydrogen-bond acceptors (Lipinski definition) is 6. The van der Waals surface area contributed by atoms with Gasteiger partial charge in [0.2, 0.25) is 0 Å². The van der Waals surface area contributed by atoms with E-state index in [4.69, 9.17) is 14.2 Å². The van der Waals surface area contributed by atoms with Crippen LogP contribution in [0, 0.1) is 0 Å². The van der Waals surface area contributed by atoms with Gasteiger partial charge in [-0.2, -0.15) is 0 Å². The average molecular weight is 1100 g/mol. The van der Waals surface area contributed by atoms with Crippen molar-refractivity contribution in [3.8, 4) is 0 Å². The van der Waals surface area contributed by atoms with Gasteiger partial charge in [0.25, 0.3) is 0 Å². The van der Waals surface area contributed by atoms with E-state index in [1.807, 2.05) is 0 Å². The summed E-state index contributed by atoms with van der Waals surface area (Å²) in [5.74, 6) is -0.875. The van der Waals surface area contributed by atoms with Gasteiger partial charge >= 0.3 is 17.9 Å². The second-order valence-corrected chi connectivity index (χ2v) is 22.4. The molecule has 0 amide bonds. The minimum Gasteiger partial charge on any atom is -0.462 e. The predicted octanol–water partition coefficient (Wildman–Crippen LogP) is 23.2. The average Bonchev–Trinajstić information content (AvgIpc) is 3.45. The highest BCUT2D eigenvalue weighted by molar-refractivity contribution is 5.71. The summed E-state index contributed by atoms with van der Waals surface area (Å²) in [5, 5.41) is 0. The lowest BCUT2D eigenvalue weighted by Gasteiger charge is -2.18. The molecule has 0 aliphatic heterocycles. The first-order valence-corrected chi connectivity index (χ1v) is 33.7. The van der Waals surface area contributed by atoms with E-state index in [1.165, 1.54) is 180 Å². The monoisotopic (exact) mass is 1100 g/mol. The summed E-state index contributed by atoms with van der Waals surface area (Å²) in [5.41, 5.74) is 0. The highest BCUT2D eigenvalue weighted by atomic mass is 16.6. The summed E-state index contributed by atoms with van der Waals surface area (Å²) in [6.45, 7) is 6.53. The zero-order valence-corrected chi connectivity index (χ0v) is 52.1. The van der Waals surface area contributed by atoms with E-state index in [1.54, 1.807) is 0 Å². The van der Waals surface area contributed by atoms with Crippen molar-refractivity contribution in [1.29, 1.82) is 0 Å². The molecule has 6 heteroatoms. The van der Waals surface area contributed by atoms with Gasteiger partial charge in [-0.3, -0.25) is 14.4 Å². The van der Waals surface area contributed by atoms with Gasteiger partial charge < -0.3 is 14.2 Å². The van der Waals surface area contributed by atoms with E-state index in [-0.39, 0.29) is 31.1 Å². The number of rotatable bonds is 61. The van der Waals surface area contributed by atoms with E-state index in [2.05, 4.69) is 118 Å². The molecule has 0 radical (unpaired) electrons. The molecule has 0 N–H and O–H groups in total. The molecule has 1 unspecified atom stereocenters. The molecule has 0 bridgehead atoms. The second kappa shape index (κ2) is 66.8. The van der Waals surface area contributed by atoms with Crippen molar-refractivity contribution >= 4 is 17.9 Å². The van der Waals surface area contributed by atoms with Gasteiger partial charge in [0, 0.05) is 19.3 Å². The third kappa shape index (κ3) is 65.0. The number of esters is 3. The first kappa shape index (κ1) is 75.3. The lowest BCUT2D eigenvalue weighted by molar-refractivity contribution is -0.167. The third-order valence-electron chi connectivity index (χ3n) is 14.6. The highest BCUT2D eigenvalue weighted by Gasteiger charge is 2.19. The molecule has 6 nitrogen and oxygen atoms in total. The largest absolute Gasteiger partial charge is 0.462 e. The molecule has 0 heterocycles. The Morgan fingerprint density at radius 3 is 0.797 bits per heavy atom. The van der Waals surface area contributed by atoms with Crippen molar-refractivity contribution in [1.82, 2.24) is 0 Å². The van der Waals surface area contributed by atoms with Crippen LogP contribution in [-0.2, 0) is 28.6 Å². The summed E-state index contributed by atoms with van der Waals surface area (Å²) in [6.07, 6.45) is 89.9. The summed E-state index contributed by atoms with van der Waals surface area (Å²) in [4.78, 5) is 38.3. The zero-order chi connectivity index (χ0) is 57.1. The third-order valence-corrected chi connectivity index (χ3v) is 14.6. The smallest absolute Gasteiger partial charge is 0.306 e. The van der Waals surface area contributed by atoms with Gasteiger partial charge in [-0.15, -0.1) is 0 Å². The molecule has 0 aliphatic rings. The molecule has 0 saturated heterocycles. The maximum absolute atomic E-state index is 12.9. The van der Waals surface area contributed by atoms with Crippen molar-refractivity contribution in [3.05, 3.63) is 97.2 Å². The van der Waals surface area contributed by atoms with Crippen LogP contribution in [0.15, 0.2) is 97.2 Å². The van der Waals surface area contributed by atoms with Crippen LogP contribution in [0.25, 0.3) is 0 Å². The number of carbonyl (C=O) groups is 3. The fourth-order valence-electron chi connectivity index (χ4n) is 9.54. The molecule has 0 rings (SSSR count). The van der Waals surface area contributed by atoms with E-state index in [0.717, 1.165) is 109 Å². The van der Waals surface area contributed by atoms with Gasteiger partial charge in [-0.25, -0.2) is 0 Å². The first-order chi connectivity index (χ1) is 39.0. The van der Waals surface area contributed by atoms with Crippen LogP contribution < -0.4 is 0 Å². The minimum absolute atomic E-state index is 0.0777. The van der Waals surface area contributed by atoms with Crippen LogP contribution in [0.1, 0.15) is 329 Å². The fourth-order valence-corrected chi connectivity index (χ4v) is 9.54. The Kier molecular flexibility index (Phi) is 63.7. The molecule has 79 heavy (non-hydrogen) atoms. The SMILES string of the molecule is CC/C=C\C/C=C\C/C=C\C/C=C\C/C=C\C/C=C\C/C=C\CCCCCCCCCCCCCC(=O)OCC(COC(=O)CCCCCCC/C=C\CCCCCC)OC(=O)CCCCCCCCCCCCCCCCC. The lowest BCUT2D eigenvalue weighted by Crippen LogP contribution is -2.30. The van der Waals surface area contributed by atoms with Crippen LogP contribution in [0.2, 0.25) is 0 Å². The molecule has 1 atom stereocenters. The Hall–Kier alpha value is -3.67. The molecule has 0 aromatic heterocycles. The molecular weight excluding hydrogens is 973 g/mol. The summed E-state index contributed by atoms with van der Waals surface area (Å²) >= 11 is 0. The molecule has 0 aromatic carbocycles. The normalized spacial score (nSPS) is 12.7. The lowest BCUT2D eigenvalue weighted by atomic mass is 10.0. The van der Waals surface area contributed by atoms with Crippen LogP contribution in [0.5, 0.6) is 0 Å². The summed E-state index contributed by atoms with van der Waals surface area (Å²) in [7, 11) is 0. The van der Waals surface area contributed by atoms with Crippen LogP contribution in [0.3, 0.4) is 0 Å². The maximum Gasteiger partial charge on any atom is 0.306 e. The van der Waals surface area contributed by atoms with E-state index < -0.39 is 6.10 Å². The number of allylic oxidation sites excluding steroid dienone is 16. The molecule has 0 aliphatic carbocycles. The Morgan fingerprint density at radius 1 is 0.266 bits per heavy atom. The number of carbonyl (C=O) groups excluding carboxylic acids is 3. The van der Waals surface area contributed by atoms with Gasteiger partial charge in [0.1, 0.15) is 13.2 Å². The molecular formula is C73H126O6. The van der Waals surface area contributed by atoms with Crippen molar-refractivity contribution in [3.63, 3.8) is 0 Å². The second-order valence-electron chi connectivity index (χ2n) is 22.4. The van der Waals surface area contributed by atoms with E-state index in [0.29, 0.717) is 19.3 Å². The number of hydrogen-bond donors (Lipinski definition) is 0. The van der Waals surface area contributed by atoms with Crippen molar-refractivity contribution in [2.45, 2.75) is 335 Å². The Labute approximate surface area is 489 Å². The van der Waals surface area contributed by atoms with Gasteiger partial charge in [-0.1, -0.05) is 304 Å². The number of ether oxygens (including phenoxy) is 3. The van der Waals surface area contributed by atoms with E-state index >= 15 is 0 Å². The molecule has 0 fully saturated rings. The van der Waals surface area contributed by atoms with Crippen molar-refractivity contribution < 1.29 is 28.6 Å². The Balaban J connectivity index is 4.21. The summed E-state index contributed by atoms with van der Waals surface area (Å²) < 4.78 is 16.9. The first-order valence-electron chi connectivity index (χ1n) is 33.7. The molecule has 0 saturated carbocycles. The Morgan fingerprint density at radius 2 is 0.494 bits per heavy atom. The van der Waals surface area contributed by atoms with Crippen LogP contribution in [-0.4, -0.2) is 37.2 Å². The van der Waals surface area contributed by atoms with Crippen molar-refractivity contribution in [2.24, 2.45) is 0 Å². The van der Waals surface area contributed by atoms with Crippen molar-refractivity contribution in [2.75, 3.05) is 13.2 Å².